The lowest BCUT2D eigenvalue weighted by atomic mass is 10.2. The fourth-order valence-corrected chi connectivity index (χ4v) is 1.93. The van der Waals surface area contributed by atoms with E-state index in [0.29, 0.717) is 25.0 Å². The van der Waals surface area contributed by atoms with Gasteiger partial charge in [-0.15, -0.1) is 5.10 Å². The molecule has 0 N–H and O–H groups in total. The first-order valence-corrected chi connectivity index (χ1v) is 5.56. The van der Waals surface area contributed by atoms with E-state index in [1.54, 1.807) is 7.11 Å². The number of nitriles is 1. The van der Waals surface area contributed by atoms with Crippen molar-refractivity contribution in [2.24, 2.45) is 5.92 Å². The Bertz CT molecular complexity index is 407. The number of hydrogen-bond donors (Lipinski definition) is 0. The molecular weight excluding hydrogens is 204 g/mol. The molecule has 0 saturated heterocycles. The molecule has 5 nitrogen and oxygen atoms in total. The molecule has 1 aliphatic carbocycles. The van der Waals surface area contributed by atoms with Crippen LogP contribution in [-0.4, -0.2) is 28.7 Å². The lowest BCUT2D eigenvalue weighted by Gasteiger charge is -2.05. The van der Waals surface area contributed by atoms with Crippen molar-refractivity contribution in [1.82, 2.24) is 15.0 Å². The number of nitrogens with zero attached hydrogens (tertiary/aromatic N) is 4. The van der Waals surface area contributed by atoms with Gasteiger partial charge < -0.3 is 4.74 Å². The van der Waals surface area contributed by atoms with Gasteiger partial charge in [0.1, 0.15) is 5.69 Å². The number of methoxy groups -OCH3 is 1. The highest BCUT2D eigenvalue weighted by atomic mass is 16.5. The summed E-state index contributed by atoms with van der Waals surface area (Å²) >= 11 is 0. The van der Waals surface area contributed by atoms with Crippen LogP contribution in [0.4, 0.5) is 0 Å². The van der Waals surface area contributed by atoms with E-state index in [1.165, 1.54) is 0 Å². The molecule has 0 amide bonds. The van der Waals surface area contributed by atoms with Crippen molar-refractivity contribution in [1.29, 1.82) is 5.26 Å². The van der Waals surface area contributed by atoms with Crippen molar-refractivity contribution >= 4 is 0 Å². The molecule has 0 radical (unpaired) electrons. The molecule has 1 saturated carbocycles. The van der Waals surface area contributed by atoms with Crippen molar-refractivity contribution in [2.75, 3.05) is 13.7 Å². The second-order valence-corrected chi connectivity index (χ2v) is 4.29. The molecule has 1 aromatic heterocycles. The highest BCUT2D eigenvalue weighted by Gasteiger charge is 2.37. The minimum atomic E-state index is 0.333. The largest absolute Gasteiger partial charge is 0.384 e. The Kier molecular flexibility index (Phi) is 3.20. The molecule has 0 bridgehead atoms. The Hall–Kier alpha value is -1.41. The summed E-state index contributed by atoms with van der Waals surface area (Å²) in [6.07, 6.45) is 2.28. The molecule has 1 fully saturated rings. The van der Waals surface area contributed by atoms with Crippen LogP contribution in [0.1, 0.15) is 30.8 Å². The maximum absolute atomic E-state index is 8.73. The van der Waals surface area contributed by atoms with Crippen LogP contribution in [-0.2, 0) is 17.6 Å². The summed E-state index contributed by atoms with van der Waals surface area (Å²) in [6.45, 7) is 2.85. The number of rotatable bonds is 5. The summed E-state index contributed by atoms with van der Waals surface area (Å²) in [4.78, 5) is 0. The number of aromatic nitrogens is 3. The summed E-state index contributed by atoms with van der Waals surface area (Å²) < 4.78 is 7.06. The van der Waals surface area contributed by atoms with Gasteiger partial charge in [0, 0.05) is 13.5 Å². The highest BCUT2D eigenvalue weighted by molar-refractivity contribution is 5.16. The van der Waals surface area contributed by atoms with E-state index in [0.717, 1.165) is 24.2 Å². The summed E-state index contributed by atoms with van der Waals surface area (Å²) in [5, 5.41) is 17.0. The Morgan fingerprint density at radius 2 is 2.38 bits per heavy atom. The minimum Gasteiger partial charge on any atom is -0.384 e. The molecule has 2 unspecified atom stereocenters. The van der Waals surface area contributed by atoms with E-state index in [-0.39, 0.29) is 0 Å². The smallest absolute Gasteiger partial charge is 0.100 e. The lowest BCUT2D eigenvalue weighted by molar-refractivity contribution is 0.200. The molecule has 1 aliphatic rings. The third-order valence-corrected chi connectivity index (χ3v) is 3.04. The van der Waals surface area contributed by atoms with Crippen LogP contribution >= 0.6 is 0 Å². The van der Waals surface area contributed by atoms with Crippen molar-refractivity contribution in [3.05, 3.63) is 11.4 Å². The van der Waals surface area contributed by atoms with Crippen LogP contribution in [0.5, 0.6) is 0 Å². The third-order valence-electron chi connectivity index (χ3n) is 3.04. The summed E-state index contributed by atoms with van der Waals surface area (Å²) in [5.41, 5.74) is 1.87. The molecule has 0 aliphatic heterocycles. The van der Waals surface area contributed by atoms with Crippen molar-refractivity contribution < 1.29 is 4.74 Å². The highest BCUT2D eigenvalue weighted by Crippen LogP contribution is 2.42. The average Bonchev–Trinajstić information content (AvgIpc) is 2.86. The Morgan fingerprint density at radius 3 is 2.94 bits per heavy atom. The summed E-state index contributed by atoms with van der Waals surface area (Å²) in [6, 6.07) is 2.61. The topological polar surface area (TPSA) is 63.7 Å². The van der Waals surface area contributed by atoms with Gasteiger partial charge in [-0.25, -0.2) is 4.68 Å². The molecule has 16 heavy (non-hydrogen) atoms. The van der Waals surface area contributed by atoms with Gasteiger partial charge in [-0.05, 0) is 12.3 Å². The predicted octanol–water partition coefficient (Wildman–Crippen LogP) is 1.11. The van der Waals surface area contributed by atoms with Crippen LogP contribution in [0.15, 0.2) is 0 Å². The predicted molar refractivity (Wildman–Crippen MR) is 57.7 cm³/mol. The molecule has 1 heterocycles. The van der Waals surface area contributed by atoms with Gasteiger partial charge in [0.2, 0.25) is 0 Å². The zero-order valence-electron chi connectivity index (χ0n) is 9.68. The molecule has 2 rings (SSSR count). The zero-order valence-corrected chi connectivity index (χ0v) is 9.68. The quantitative estimate of drug-likeness (QED) is 0.745. The van der Waals surface area contributed by atoms with Crippen LogP contribution in [0.2, 0.25) is 0 Å². The first-order valence-electron chi connectivity index (χ1n) is 5.56. The van der Waals surface area contributed by atoms with E-state index >= 15 is 0 Å². The van der Waals surface area contributed by atoms with Crippen LogP contribution < -0.4 is 0 Å². The van der Waals surface area contributed by atoms with Crippen molar-refractivity contribution in [2.45, 2.75) is 32.2 Å². The van der Waals surface area contributed by atoms with Gasteiger partial charge in [-0.3, -0.25) is 0 Å². The van der Waals surface area contributed by atoms with Crippen LogP contribution in [0.3, 0.4) is 0 Å². The van der Waals surface area contributed by atoms with Gasteiger partial charge in [0.05, 0.1) is 30.8 Å². The fourth-order valence-electron chi connectivity index (χ4n) is 1.93. The van der Waals surface area contributed by atoms with Crippen LogP contribution in [0, 0.1) is 17.2 Å². The van der Waals surface area contributed by atoms with E-state index in [2.05, 4.69) is 23.3 Å². The van der Waals surface area contributed by atoms with Gasteiger partial charge in [-0.1, -0.05) is 12.1 Å². The first-order chi connectivity index (χ1) is 7.77. The molecule has 5 heteroatoms. The molecule has 0 spiro atoms. The van der Waals surface area contributed by atoms with Crippen LogP contribution in [0.25, 0.3) is 0 Å². The van der Waals surface area contributed by atoms with Crippen molar-refractivity contribution in [3.8, 4) is 6.07 Å². The molecule has 86 valence electrons. The second-order valence-electron chi connectivity index (χ2n) is 4.29. The standard InChI is InChI=1S/C11H16N4O/c1-8-7-11(8)15-10(4-6-16-2)9(3-5-12)13-14-15/h8,11H,3-4,6-7H2,1-2H3. The zero-order chi connectivity index (χ0) is 11.5. The van der Waals surface area contributed by atoms with Gasteiger partial charge in [-0.2, -0.15) is 5.26 Å². The summed E-state index contributed by atoms with van der Waals surface area (Å²) in [5.74, 6) is 0.679. The molecule has 2 atom stereocenters. The SMILES string of the molecule is COCCc1c(CC#N)nnn1C1CC1C. The fraction of sp³-hybridized carbons (Fsp3) is 0.727. The Balaban J connectivity index is 2.20. The molecular formula is C11H16N4O. The normalized spacial score (nSPS) is 23.1. The third kappa shape index (κ3) is 2.07. The maximum atomic E-state index is 8.73. The second kappa shape index (κ2) is 4.62. The minimum absolute atomic E-state index is 0.333. The average molecular weight is 220 g/mol. The van der Waals surface area contributed by atoms with Gasteiger partial charge in [0.15, 0.2) is 0 Å². The Labute approximate surface area is 95.0 Å². The Morgan fingerprint density at radius 1 is 1.62 bits per heavy atom. The lowest BCUT2D eigenvalue weighted by Crippen LogP contribution is -2.08. The number of ether oxygens (including phenoxy) is 1. The molecule has 1 aromatic rings. The van der Waals surface area contributed by atoms with E-state index in [9.17, 15) is 0 Å². The first kappa shape index (κ1) is 11.1. The van der Waals surface area contributed by atoms with Gasteiger partial charge in [0.25, 0.3) is 0 Å². The van der Waals surface area contributed by atoms with E-state index < -0.39 is 0 Å². The number of hydrogen-bond acceptors (Lipinski definition) is 4. The van der Waals surface area contributed by atoms with E-state index in [1.807, 2.05) is 4.68 Å². The van der Waals surface area contributed by atoms with Gasteiger partial charge >= 0.3 is 0 Å². The maximum Gasteiger partial charge on any atom is 0.100 e. The monoisotopic (exact) mass is 220 g/mol. The summed E-state index contributed by atoms with van der Waals surface area (Å²) in [7, 11) is 1.68. The van der Waals surface area contributed by atoms with Crippen molar-refractivity contribution in [3.63, 3.8) is 0 Å². The molecule has 0 aromatic carbocycles. The van der Waals surface area contributed by atoms with E-state index in [4.69, 9.17) is 10.00 Å².